The van der Waals surface area contributed by atoms with Gasteiger partial charge in [-0.3, -0.25) is 0 Å². The third-order valence-electron chi connectivity index (χ3n) is 5.08. The molecule has 1 aliphatic rings. The Bertz CT molecular complexity index is 805. The van der Waals surface area contributed by atoms with Gasteiger partial charge in [0.25, 0.3) is 0 Å². The standard InChI is InChI=1S/C20H29N5O3/c1-14(15-8-9-16(27-2)17(13-15)28-3)22-20(26)21-11-10-19-24-23-18-7-5-4-6-12-25(18)19/h8-9,13-14H,4-7,10-12H2,1-3H3,(H2,21,22,26). The molecule has 1 aromatic carbocycles. The van der Waals surface area contributed by atoms with Crippen LogP contribution in [0.3, 0.4) is 0 Å². The molecule has 1 unspecified atom stereocenters. The average Bonchev–Trinajstić information content (AvgIpc) is 2.93. The number of nitrogens with one attached hydrogen (secondary N) is 2. The van der Waals surface area contributed by atoms with Gasteiger partial charge in [-0.15, -0.1) is 10.2 Å². The average molecular weight is 387 g/mol. The van der Waals surface area contributed by atoms with Crippen LogP contribution in [0.15, 0.2) is 18.2 Å². The van der Waals surface area contributed by atoms with E-state index in [-0.39, 0.29) is 12.1 Å². The maximum Gasteiger partial charge on any atom is 0.315 e. The molecule has 28 heavy (non-hydrogen) atoms. The first-order valence-electron chi connectivity index (χ1n) is 9.79. The number of amides is 2. The summed E-state index contributed by atoms with van der Waals surface area (Å²) in [5, 5.41) is 14.4. The highest BCUT2D eigenvalue weighted by atomic mass is 16.5. The molecule has 0 radical (unpaired) electrons. The van der Waals surface area contributed by atoms with Crippen LogP contribution >= 0.6 is 0 Å². The first kappa shape index (κ1) is 20.0. The maximum absolute atomic E-state index is 12.3. The minimum absolute atomic E-state index is 0.163. The molecular weight excluding hydrogens is 358 g/mol. The number of rotatable bonds is 7. The molecular formula is C20H29N5O3. The highest BCUT2D eigenvalue weighted by Crippen LogP contribution is 2.29. The topological polar surface area (TPSA) is 90.3 Å². The van der Waals surface area contributed by atoms with Crippen LogP contribution in [0.4, 0.5) is 4.79 Å². The van der Waals surface area contributed by atoms with E-state index in [1.807, 2.05) is 25.1 Å². The summed E-state index contributed by atoms with van der Waals surface area (Å²) < 4.78 is 12.8. The Kier molecular flexibility index (Phi) is 6.73. The number of aryl methyl sites for hydroxylation is 1. The molecule has 1 atom stereocenters. The number of hydrogen-bond acceptors (Lipinski definition) is 5. The summed E-state index contributed by atoms with van der Waals surface area (Å²) in [6, 6.07) is 5.25. The molecule has 0 saturated heterocycles. The number of aromatic nitrogens is 3. The fourth-order valence-corrected chi connectivity index (χ4v) is 3.47. The maximum atomic E-state index is 12.3. The Morgan fingerprint density at radius 2 is 2.00 bits per heavy atom. The number of hydrogen-bond donors (Lipinski definition) is 2. The Morgan fingerprint density at radius 1 is 1.18 bits per heavy atom. The highest BCUT2D eigenvalue weighted by Gasteiger charge is 2.15. The van der Waals surface area contributed by atoms with Crippen LogP contribution in [-0.2, 0) is 19.4 Å². The van der Waals surface area contributed by atoms with Crippen molar-refractivity contribution in [1.29, 1.82) is 0 Å². The summed E-state index contributed by atoms with van der Waals surface area (Å²) in [6.45, 7) is 3.42. The molecule has 2 aromatic rings. The molecule has 1 aromatic heterocycles. The van der Waals surface area contributed by atoms with E-state index in [1.54, 1.807) is 14.2 Å². The lowest BCUT2D eigenvalue weighted by atomic mass is 10.1. The zero-order chi connectivity index (χ0) is 19.9. The number of ether oxygens (including phenoxy) is 2. The van der Waals surface area contributed by atoms with Crippen LogP contribution in [0, 0.1) is 0 Å². The lowest BCUT2D eigenvalue weighted by Crippen LogP contribution is -2.38. The van der Waals surface area contributed by atoms with E-state index in [1.165, 1.54) is 12.8 Å². The molecule has 2 amide bonds. The van der Waals surface area contributed by atoms with Crippen molar-refractivity contribution in [3.05, 3.63) is 35.4 Å². The Hall–Kier alpha value is -2.77. The normalized spacial score (nSPS) is 14.5. The van der Waals surface area contributed by atoms with E-state index >= 15 is 0 Å². The molecule has 2 heterocycles. The monoisotopic (exact) mass is 387 g/mol. The van der Waals surface area contributed by atoms with Crippen LogP contribution in [-0.4, -0.2) is 41.6 Å². The van der Waals surface area contributed by atoms with Gasteiger partial charge in [0.15, 0.2) is 11.5 Å². The molecule has 3 rings (SSSR count). The molecule has 0 aliphatic carbocycles. The lowest BCUT2D eigenvalue weighted by molar-refractivity contribution is 0.238. The van der Waals surface area contributed by atoms with E-state index in [9.17, 15) is 4.79 Å². The molecule has 8 nitrogen and oxygen atoms in total. The summed E-state index contributed by atoms with van der Waals surface area (Å²) in [6.07, 6.45) is 5.23. The predicted octanol–water partition coefficient (Wildman–Crippen LogP) is 2.62. The van der Waals surface area contributed by atoms with Crippen LogP contribution in [0.2, 0.25) is 0 Å². The van der Waals surface area contributed by atoms with Gasteiger partial charge in [-0.1, -0.05) is 12.5 Å². The van der Waals surface area contributed by atoms with E-state index in [2.05, 4.69) is 25.4 Å². The summed E-state index contributed by atoms with van der Waals surface area (Å²) in [7, 11) is 3.19. The highest BCUT2D eigenvalue weighted by molar-refractivity contribution is 5.74. The number of benzene rings is 1. The van der Waals surface area contributed by atoms with E-state index in [0.717, 1.165) is 36.6 Å². The molecule has 0 spiro atoms. The second-order valence-electron chi connectivity index (χ2n) is 6.98. The molecule has 8 heteroatoms. The van der Waals surface area contributed by atoms with Crippen LogP contribution in [0.1, 0.15) is 49.4 Å². The van der Waals surface area contributed by atoms with Crippen LogP contribution < -0.4 is 20.1 Å². The molecule has 152 valence electrons. The second kappa shape index (κ2) is 9.43. The van der Waals surface area contributed by atoms with E-state index in [0.29, 0.717) is 24.5 Å². The van der Waals surface area contributed by atoms with Gasteiger partial charge in [0.1, 0.15) is 11.6 Å². The predicted molar refractivity (Wildman–Crippen MR) is 106 cm³/mol. The number of nitrogens with zero attached hydrogens (tertiary/aromatic N) is 3. The van der Waals surface area contributed by atoms with Crippen molar-refractivity contribution in [3.63, 3.8) is 0 Å². The Balaban J connectivity index is 1.50. The van der Waals surface area contributed by atoms with Gasteiger partial charge < -0.3 is 24.7 Å². The lowest BCUT2D eigenvalue weighted by Gasteiger charge is -2.17. The quantitative estimate of drug-likeness (QED) is 0.762. The number of carbonyl (C=O) groups excluding carboxylic acids is 1. The first-order chi connectivity index (χ1) is 13.6. The molecule has 0 fully saturated rings. The van der Waals surface area contributed by atoms with E-state index < -0.39 is 0 Å². The Morgan fingerprint density at radius 3 is 2.79 bits per heavy atom. The van der Waals surface area contributed by atoms with Gasteiger partial charge in [0.05, 0.1) is 20.3 Å². The van der Waals surface area contributed by atoms with Gasteiger partial charge >= 0.3 is 6.03 Å². The number of methoxy groups -OCH3 is 2. The van der Waals surface area contributed by atoms with Gasteiger partial charge in [0, 0.05) is 25.9 Å². The molecule has 2 N–H and O–H groups in total. The van der Waals surface area contributed by atoms with Crippen molar-refractivity contribution in [2.45, 2.75) is 51.6 Å². The molecule has 1 aliphatic heterocycles. The minimum Gasteiger partial charge on any atom is -0.493 e. The number of urea groups is 1. The minimum atomic E-state index is -0.210. The van der Waals surface area contributed by atoms with Gasteiger partial charge in [0.2, 0.25) is 0 Å². The van der Waals surface area contributed by atoms with Crippen molar-refractivity contribution < 1.29 is 14.3 Å². The van der Waals surface area contributed by atoms with Crippen molar-refractivity contribution in [3.8, 4) is 11.5 Å². The fraction of sp³-hybridized carbons (Fsp3) is 0.550. The van der Waals surface area contributed by atoms with Gasteiger partial charge in [-0.25, -0.2) is 4.79 Å². The van der Waals surface area contributed by atoms with Gasteiger partial charge in [-0.2, -0.15) is 0 Å². The smallest absolute Gasteiger partial charge is 0.315 e. The van der Waals surface area contributed by atoms with Crippen molar-refractivity contribution in [2.24, 2.45) is 0 Å². The third kappa shape index (κ3) is 4.74. The Labute approximate surface area is 165 Å². The zero-order valence-electron chi connectivity index (χ0n) is 16.8. The SMILES string of the molecule is COc1ccc(C(C)NC(=O)NCCc2nnc3n2CCCCC3)cc1OC. The largest absolute Gasteiger partial charge is 0.493 e. The van der Waals surface area contributed by atoms with E-state index in [4.69, 9.17) is 9.47 Å². The summed E-state index contributed by atoms with van der Waals surface area (Å²) in [4.78, 5) is 12.3. The fourth-order valence-electron chi connectivity index (χ4n) is 3.47. The number of carbonyl (C=O) groups is 1. The summed E-state index contributed by atoms with van der Waals surface area (Å²) in [5.41, 5.74) is 0.940. The first-order valence-corrected chi connectivity index (χ1v) is 9.79. The van der Waals surface area contributed by atoms with Gasteiger partial charge in [-0.05, 0) is 37.5 Å². The molecule has 0 saturated carbocycles. The molecule has 0 bridgehead atoms. The third-order valence-corrected chi connectivity index (χ3v) is 5.08. The second-order valence-corrected chi connectivity index (χ2v) is 6.98. The zero-order valence-corrected chi connectivity index (χ0v) is 16.8. The van der Waals surface area contributed by atoms with Crippen LogP contribution in [0.25, 0.3) is 0 Å². The van der Waals surface area contributed by atoms with Crippen molar-refractivity contribution >= 4 is 6.03 Å². The van der Waals surface area contributed by atoms with Crippen LogP contribution in [0.5, 0.6) is 11.5 Å². The number of fused-ring (bicyclic) bond motifs is 1. The summed E-state index contributed by atoms with van der Waals surface area (Å²) >= 11 is 0. The van der Waals surface area contributed by atoms with Crippen molar-refractivity contribution in [2.75, 3.05) is 20.8 Å². The summed E-state index contributed by atoms with van der Waals surface area (Å²) in [5.74, 6) is 3.32. The van der Waals surface area contributed by atoms with Crippen molar-refractivity contribution in [1.82, 2.24) is 25.4 Å².